The monoisotopic (exact) mass is 283 g/mol. The van der Waals surface area contributed by atoms with E-state index in [4.69, 9.17) is 25.8 Å². The van der Waals surface area contributed by atoms with Crippen molar-refractivity contribution in [1.82, 2.24) is 4.90 Å². The molecule has 0 amide bonds. The van der Waals surface area contributed by atoms with Crippen LogP contribution in [0.5, 0.6) is 11.5 Å². The fourth-order valence-corrected chi connectivity index (χ4v) is 2.70. The number of halogens is 1. The van der Waals surface area contributed by atoms with Crippen molar-refractivity contribution in [2.24, 2.45) is 0 Å². The maximum Gasteiger partial charge on any atom is 0.161 e. The van der Waals surface area contributed by atoms with Crippen molar-refractivity contribution < 1.29 is 14.2 Å². The molecule has 3 rings (SSSR count). The van der Waals surface area contributed by atoms with E-state index in [9.17, 15) is 0 Å². The Balaban J connectivity index is 1.67. The minimum absolute atomic E-state index is 0.0334. The largest absolute Gasteiger partial charge is 0.486 e. The Bertz CT molecular complexity index is 435. The van der Waals surface area contributed by atoms with Crippen LogP contribution in [0.4, 0.5) is 0 Å². The summed E-state index contributed by atoms with van der Waals surface area (Å²) in [6.07, 6.45) is 0. The Kier molecular flexibility index (Phi) is 4.11. The Morgan fingerprint density at radius 2 is 1.79 bits per heavy atom. The van der Waals surface area contributed by atoms with Gasteiger partial charge in [-0.25, -0.2) is 0 Å². The number of hydrogen-bond acceptors (Lipinski definition) is 4. The van der Waals surface area contributed by atoms with E-state index >= 15 is 0 Å². The highest BCUT2D eigenvalue weighted by Gasteiger charge is 2.19. The highest BCUT2D eigenvalue weighted by Crippen LogP contribution is 2.34. The van der Waals surface area contributed by atoms with Gasteiger partial charge < -0.3 is 14.2 Å². The van der Waals surface area contributed by atoms with Crippen LogP contribution >= 0.6 is 11.6 Å². The van der Waals surface area contributed by atoms with Crippen LogP contribution in [-0.2, 0) is 4.74 Å². The smallest absolute Gasteiger partial charge is 0.161 e. The van der Waals surface area contributed by atoms with Crippen LogP contribution in [0.15, 0.2) is 18.2 Å². The lowest BCUT2D eigenvalue weighted by Gasteiger charge is -2.28. The first-order valence-corrected chi connectivity index (χ1v) is 7.10. The van der Waals surface area contributed by atoms with Gasteiger partial charge in [0.05, 0.1) is 18.6 Å². The van der Waals surface area contributed by atoms with Crippen molar-refractivity contribution in [3.05, 3.63) is 23.8 Å². The summed E-state index contributed by atoms with van der Waals surface area (Å²) in [5.74, 6) is 1.61. The van der Waals surface area contributed by atoms with Crippen molar-refractivity contribution in [3.8, 4) is 11.5 Å². The molecule has 1 aromatic carbocycles. The van der Waals surface area contributed by atoms with Gasteiger partial charge in [0.2, 0.25) is 0 Å². The van der Waals surface area contributed by atoms with Gasteiger partial charge in [-0.1, -0.05) is 6.07 Å². The molecule has 0 spiro atoms. The van der Waals surface area contributed by atoms with Crippen LogP contribution in [0.1, 0.15) is 10.9 Å². The number of benzene rings is 1. The molecule has 1 unspecified atom stereocenters. The van der Waals surface area contributed by atoms with E-state index in [2.05, 4.69) is 4.90 Å². The minimum atomic E-state index is -0.0334. The van der Waals surface area contributed by atoms with E-state index in [-0.39, 0.29) is 5.38 Å². The first-order valence-electron chi connectivity index (χ1n) is 6.66. The molecule has 2 aliphatic heterocycles. The van der Waals surface area contributed by atoms with Crippen LogP contribution in [-0.4, -0.2) is 51.0 Å². The molecule has 1 saturated heterocycles. The standard InChI is InChI=1S/C14H18ClNO3/c15-12(10-16-3-5-17-6-4-16)11-1-2-13-14(9-11)19-8-7-18-13/h1-2,9,12H,3-8,10H2. The number of fused-ring (bicyclic) bond motifs is 1. The van der Waals surface area contributed by atoms with Crippen LogP contribution in [0, 0.1) is 0 Å². The van der Waals surface area contributed by atoms with Gasteiger partial charge in [-0.05, 0) is 17.7 Å². The molecule has 0 N–H and O–H groups in total. The average molecular weight is 284 g/mol. The lowest BCUT2D eigenvalue weighted by atomic mass is 10.1. The zero-order valence-corrected chi connectivity index (χ0v) is 11.6. The van der Waals surface area contributed by atoms with Crippen molar-refractivity contribution in [3.63, 3.8) is 0 Å². The Morgan fingerprint density at radius 1 is 1.05 bits per heavy atom. The van der Waals surface area contributed by atoms with E-state index in [1.807, 2.05) is 18.2 Å². The van der Waals surface area contributed by atoms with Gasteiger partial charge in [0.25, 0.3) is 0 Å². The summed E-state index contributed by atoms with van der Waals surface area (Å²) in [6.45, 7) is 5.55. The molecule has 1 atom stereocenters. The first-order chi connectivity index (χ1) is 9.33. The van der Waals surface area contributed by atoms with E-state index in [0.717, 1.165) is 49.9 Å². The van der Waals surface area contributed by atoms with Crippen molar-refractivity contribution in [2.75, 3.05) is 46.1 Å². The van der Waals surface area contributed by atoms with Crippen molar-refractivity contribution in [1.29, 1.82) is 0 Å². The predicted octanol–water partition coefficient (Wildman–Crippen LogP) is 2.07. The molecule has 0 radical (unpaired) electrons. The second kappa shape index (κ2) is 5.99. The second-order valence-corrected chi connectivity index (χ2v) is 5.31. The number of morpholine rings is 1. The van der Waals surface area contributed by atoms with Crippen molar-refractivity contribution in [2.45, 2.75) is 5.38 Å². The van der Waals surface area contributed by atoms with E-state index < -0.39 is 0 Å². The zero-order valence-electron chi connectivity index (χ0n) is 10.8. The second-order valence-electron chi connectivity index (χ2n) is 4.78. The topological polar surface area (TPSA) is 30.9 Å². The molecule has 5 heteroatoms. The summed E-state index contributed by atoms with van der Waals surface area (Å²) in [5, 5.41) is -0.0334. The Labute approximate surface area is 118 Å². The number of nitrogens with zero attached hydrogens (tertiary/aromatic N) is 1. The summed E-state index contributed by atoms with van der Waals surface area (Å²) >= 11 is 6.50. The maximum absolute atomic E-state index is 6.50. The fourth-order valence-electron chi connectivity index (χ4n) is 2.37. The lowest BCUT2D eigenvalue weighted by Crippen LogP contribution is -2.38. The molecule has 0 saturated carbocycles. The summed E-state index contributed by atoms with van der Waals surface area (Å²) in [5.41, 5.74) is 1.08. The number of hydrogen-bond donors (Lipinski definition) is 0. The van der Waals surface area contributed by atoms with Crippen LogP contribution < -0.4 is 9.47 Å². The van der Waals surface area contributed by atoms with Gasteiger partial charge in [0.1, 0.15) is 13.2 Å². The first kappa shape index (κ1) is 13.0. The van der Waals surface area contributed by atoms with E-state index in [0.29, 0.717) is 13.2 Å². The van der Waals surface area contributed by atoms with Gasteiger partial charge >= 0.3 is 0 Å². The van der Waals surface area contributed by atoms with Crippen LogP contribution in [0.3, 0.4) is 0 Å². The van der Waals surface area contributed by atoms with Gasteiger partial charge in [0, 0.05) is 19.6 Å². The van der Waals surface area contributed by atoms with E-state index in [1.54, 1.807) is 0 Å². The third-order valence-corrected chi connectivity index (χ3v) is 3.84. The Hall–Kier alpha value is -0.970. The number of ether oxygens (including phenoxy) is 3. The molecule has 2 aliphatic rings. The highest BCUT2D eigenvalue weighted by molar-refractivity contribution is 6.21. The fraction of sp³-hybridized carbons (Fsp3) is 0.571. The quantitative estimate of drug-likeness (QED) is 0.795. The molecule has 0 bridgehead atoms. The summed E-state index contributed by atoms with van der Waals surface area (Å²) < 4.78 is 16.4. The molecule has 1 fully saturated rings. The molecule has 2 heterocycles. The van der Waals surface area contributed by atoms with Gasteiger partial charge in [-0.3, -0.25) is 4.90 Å². The predicted molar refractivity (Wildman–Crippen MR) is 73.3 cm³/mol. The van der Waals surface area contributed by atoms with Gasteiger partial charge in [-0.15, -0.1) is 11.6 Å². The molecular formula is C14H18ClNO3. The lowest BCUT2D eigenvalue weighted by molar-refractivity contribution is 0.0378. The molecular weight excluding hydrogens is 266 g/mol. The maximum atomic E-state index is 6.50. The molecule has 4 nitrogen and oxygen atoms in total. The summed E-state index contributed by atoms with van der Waals surface area (Å²) in [7, 11) is 0. The summed E-state index contributed by atoms with van der Waals surface area (Å²) in [6, 6.07) is 5.96. The van der Waals surface area contributed by atoms with Gasteiger partial charge in [-0.2, -0.15) is 0 Å². The normalized spacial score (nSPS) is 21.1. The van der Waals surface area contributed by atoms with Crippen LogP contribution in [0.2, 0.25) is 0 Å². The number of alkyl halides is 1. The van der Waals surface area contributed by atoms with Crippen LogP contribution in [0.25, 0.3) is 0 Å². The molecule has 0 aliphatic carbocycles. The zero-order chi connectivity index (χ0) is 13.1. The minimum Gasteiger partial charge on any atom is -0.486 e. The number of rotatable bonds is 3. The molecule has 0 aromatic heterocycles. The highest BCUT2D eigenvalue weighted by atomic mass is 35.5. The molecule has 19 heavy (non-hydrogen) atoms. The van der Waals surface area contributed by atoms with Crippen molar-refractivity contribution >= 4 is 11.6 Å². The van der Waals surface area contributed by atoms with E-state index in [1.165, 1.54) is 0 Å². The molecule has 1 aromatic rings. The third-order valence-electron chi connectivity index (χ3n) is 3.45. The SMILES string of the molecule is ClC(CN1CCOCC1)c1ccc2c(c1)OCCO2. The Morgan fingerprint density at radius 3 is 2.58 bits per heavy atom. The average Bonchev–Trinajstić information content (AvgIpc) is 2.48. The summed E-state index contributed by atoms with van der Waals surface area (Å²) in [4.78, 5) is 2.33. The molecule has 104 valence electrons. The van der Waals surface area contributed by atoms with Gasteiger partial charge in [0.15, 0.2) is 11.5 Å². The third kappa shape index (κ3) is 3.14.